The van der Waals surface area contributed by atoms with Gasteiger partial charge in [-0.1, -0.05) is 0 Å². The van der Waals surface area contributed by atoms with Crippen LogP contribution in [-0.4, -0.2) is 30.8 Å². The van der Waals surface area contributed by atoms with E-state index in [0.717, 1.165) is 31.6 Å². The standard InChI is InChI=1S/C14H16F2N2O2.ClH/c15-9-1-2-11(12(16)7-9)13(19)3-4-14(20)18-10-5-6-17-8-10;/h1-2,7,10,17H,3-6,8H2,(H,18,20);1H. The van der Waals surface area contributed by atoms with Crippen LogP contribution in [0.15, 0.2) is 18.2 Å². The predicted octanol–water partition coefficient (Wildman–Crippen LogP) is 1.83. The Labute approximate surface area is 127 Å². The number of hydrogen-bond donors (Lipinski definition) is 2. The van der Waals surface area contributed by atoms with Gasteiger partial charge in [-0.25, -0.2) is 8.78 Å². The van der Waals surface area contributed by atoms with Gasteiger partial charge in [0, 0.05) is 31.5 Å². The lowest BCUT2D eigenvalue weighted by atomic mass is 10.1. The first-order valence-electron chi connectivity index (χ1n) is 6.54. The molecule has 1 amide bonds. The summed E-state index contributed by atoms with van der Waals surface area (Å²) in [6, 6.07) is 2.89. The van der Waals surface area contributed by atoms with Gasteiger partial charge in [0.15, 0.2) is 5.78 Å². The molecule has 1 atom stereocenters. The number of carbonyl (C=O) groups is 2. The Kier molecular flexibility index (Phi) is 6.71. The third-order valence-electron chi connectivity index (χ3n) is 3.24. The summed E-state index contributed by atoms with van der Waals surface area (Å²) in [5, 5.41) is 5.92. The second kappa shape index (κ2) is 8.05. The van der Waals surface area contributed by atoms with E-state index >= 15 is 0 Å². The van der Waals surface area contributed by atoms with Crippen molar-refractivity contribution in [3.8, 4) is 0 Å². The van der Waals surface area contributed by atoms with Crippen molar-refractivity contribution in [1.29, 1.82) is 0 Å². The summed E-state index contributed by atoms with van der Waals surface area (Å²) < 4.78 is 26.1. The number of nitrogens with one attached hydrogen (secondary N) is 2. The molecular formula is C14H17ClF2N2O2. The van der Waals surface area contributed by atoms with Crippen LogP contribution in [0.3, 0.4) is 0 Å². The Morgan fingerprint density at radius 2 is 2.05 bits per heavy atom. The molecule has 1 aliphatic rings. The van der Waals surface area contributed by atoms with E-state index in [1.807, 2.05) is 0 Å². The van der Waals surface area contributed by atoms with Crippen LogP contribution in [0.4, 0.5) is 8.78 Å². The van der Waals surface area contributed by atoms with Gasteiger partial charge >= 0.3 is 0 Å². The SMILES string of the molecule is Cl.O=C(CCC(=O)c1ccc(F)cc1F)NC1CCNC1. The highest BCUT2D eigenvalue weighted by molar-refractivity contribution is 5.98. The molecule has 0 spiro atoms. The second-order valence-corrected chi connectivity index (χ2v) is 4.80. The third kappa shape index (κ3) is 5.06. The maximum atomic E-state index is 13.4. The number of ketones is 1. The summed E-state index contributed by atoms with van der Waals surface area (Å²) in [4.78, 5) is 23.4. The van der Waals surface area contributed by atoms with E-state index < -0.39 is 17.4 Å². The Morgan fingerprint density at radius 1 is 1.29 bits per heavy atom. The number of carbonyl (C=O) groups excluding carboxylic acids is 2. The fraction of sp³-hybridized carbons (Fsp3) is 0.429. The van der Waals surface area contributed by atoms with Gasteiger partial charge in [0.25, 0.3) is 0 Å². The highest BCUT2D eigenvalue weighted by atomic mass is 35.5. The van der Waals surface area contributed by atoms with Crippen LogP contribution >= 0.6 is 12.4 Å². The first kappa shape index (κ1) is 17.5. The summed E-state index contributed by atoms with van der Waals surface area (Å²) >= 11 is 0. The van der Waals surface area contributed by atoms with Crippen molar-refractivity contribution in [1.82, 2.24) is 10.6 Å². The molecule has 1 fully saturated rings. The molecule has 2 rings (SSSR count). The average molecular weight is 319 g/mol. The molecule has 4 nitrogen and oxygen atoms in total. The zero-order chi connectivity index (χ0) is 14.5. The number of benzene rings is 1. The number of halogens is 3. The summed E-state index contributed by atoms with van der Waals surface area (Å²) in [6.45, 7) is 1.59. The fourth-order valence-electron chi connectivity index (χ4n) is 2.16. The zero-order valence-electron chi connectivity index (χ0n) is 11.3. The van der Waals surface area contributed by atoms with E-state index in [-0.39, 0.29) is 42.8 Å². The van der Waals surface area contributed by atoms with E-state index in [2.05, 4.69) is 10.6 Å². The molecule has 1 aromatic rings. The minimum absolute atomic E-state index is 0. The van der Waals surface area contributed by atoms with Crippen molar-refractivity contribution >= 4 is 24.1 Å². The summed E-state index contributed by atoms with van der Waals surface area (Å²) in [6.07, 6.45) is 0.785. The predicted molar refractivity (Wildman–Crippen MR) is 76.6 cm³/mol. The lowest BCUT2D eigenvalue weighted by Crippen LogP contribution is -2.36. The van der Waals surface area contributed by atoms with E-state index in [1.54, 1.807) is 0 Å². The van der Waals surface area contributed by atoms with Gasteiger partial charge in [0.05, 0.1) is 5.56 Å². The largest absolute Gasteiger partial charge is 0.352 e. The molecule has 1 heterocycles. The van der Waals surface area contributed by atoms with Gasteiger partial charge < -0.3 is 10.6 Å². The topological polar surface area (TPSA) is 58.2 Å². The van der Waals surface area contributed by atoms with Crippen LogP contribution in [0.5, 0.6) is 0 Å². The van der Waals surface area contributed by atoms with Crippen LogP contribution in [-0.2, 0) is 4.79 Å². The maximum Gasteiger partial charge on any atom is 0.220 e. The summed E-state index contributed by atoms with van der Waals surface area (Å²) in [5.74, 6) is -2.35. The minimum atomic E-state index is -0.893. The molecule has 1 saturated heterocycles. The van der Waals surface area contributed by atoms with Gasteiger partial charge in [0.2, 0.25) is 5.91 Å². The first-order valence-corrected chi connectivity index (χ1v) is 6.54. The summed E-state index contributed by atoms with van der Waals surface area (Å²) in [5.41, 5.74) is -0.179. The van der Waals surface area contributed by atoms with Crippen molar-refractivity contribution < 1.29 is 18.4 Å². The molecule has 7 heteroatoms. The van der Waals surface area contributed by atoms with Crippen molar-refractivity contribution in [2.75, 3.05) is 13.1 Å². The van der Waals surface area contributed by atoms with E-state index in [1.165, 1.54) is 0 Å². The second-order valence-electron chi connectivity index (χ2n) is 4.80. The third-order valence-corrected chi connectivity index (χ3v) is 3.24. The monoisotopic (exact) mass is 318 g/mol. The molecule has 1 aromatic carbocycles. The maximum absolute atomic E-state index is 13.4. The molecular weight excluding hydrogens is 302 g/mol. The van der Waals surface area contributed by atoms with Crippen LogP contribution in [0.2, 0.25) is 0 Å². The molecule has 21 heavy (non-hydrogen) atoms. The van der Waals surface area contributed by atoms with Crippen LogP contribution in [0.1, 0.15) is 29.6 Å². The molecule has 0 aliphatic carbocycles. The van der Waals surface area contributed by atoms with E-state index in [0.29, 0.717) is 6.07 Å². The van der Waals surface area contributed by atoms with Crippen molar-refractivity contribution in [2.24, 2.45) is 0 Å². The molecule has 1 aliphatic heterocycles. The zero-order valence-corrected chi connectivity index (χ0v) is 12.1. The first-order chi connectivity index (χ1) is 9.56. The quantitative estimate of drug-likeness (QED) is 0.814. The van der Waals surface area contributed by atoms with Gasteiger partial charge in [-0.15, -0.1) is 12.4 Å². The Morgan fingerprint density at radius 3 is 2.67 bits per heavy atom. The minimum Gasteiger partial charge on any atom is -0.352 e. The number of hydrogen-bond acceptors (Lipinski definition) is 3. The molecule has 0 bridgehead atoms. The highest BCUT2D eigenvalue weighted by Gasteiger charge is 2.18. The van der Waals surface area contributed by atoms with Gasteiger partial charge in [-0.05, 0) is 25.1 Å². The van der Waals surface area contributed by atoms with E-state index in [4.69, 9.17) is 0 Å². The summed E-state index contributed by atoms with van der Waals surface area (Å²) in [7, 11) is 0. The highest BCUT2D eigenvalue weighted by Crippen LogP contribution is 2.12. The molecule has 0 saturated carbocycles. The fourth-order valence-corrected chi connectivity index (χ4v) is 2.16. The van der Waals surface area contributed by atoms with Crippen molar-refractivity contribution in [3.05, 3.63) is 35.4 Å². The van der Waals surface area contributed by atoms with Crippen LogP contribution in [0, 0.1) is 11.6 Å². The lowest BCUT2D eigenvalue weighted by Gasteiger charge is -2.10. The van der Waals surface area contributed by atoms with Crippen molar-refractivity contribution in [3.63, 3.8) is 0 Å². The molecule has 0 radical (unpaired) electrons. The Hall–Kier alpha value is -1.53. The van der Waals surface area contributed by atoms with Crippen LogP contribution in [0.25, 0.3) is 0 Å². The average Bonchev–Trinajstić information content (AvgIpc) is 2.89. The smallest absolute Gasteiger partial charge is 0.220 e. The van der Waals surface area contributed by atoms with Gasteiger partial charge in [0.1, 0.15) is 11.6 Å². The van der Waals surface area contributed by atoms with Gasteiger partial charge in [-0.3, -0.25) is 9.59 Å². The lowest BCUT2D eigenvalue weighted by molar-refractivity contribution is -0.121. The normalized spacial score (nSPS) is 17.1. The molecule has 2 N–H and O–H groups in total. The number of amides is 1. The molecule has 116 valence electrons. The van der Waals surface area contributed by atoms with E-state index in [9.17, 15) is 18.4 Å². The molecule has 0 aromatic heterocycles. The Bertz CT molecular complexity index is 520. The number of Topliss-reactive ketones (excluding diaryl/α,β-unsaturated/α-hetero) is 1. The van der Waals surface area contributed by atoms with Crippen LogP contribution < -0.4 is 10.6 Å². The number of rotatable bonds is 5. The van der Waals surface area contributed by atoms with Gasteiger partial charge in [-0.2, -0.15) is 0 Å². The molecule has 1 unspecified atom stereocenters. The van der Waals surface area contributed by atoms with Crippen molar-refractivity contribution in [2.45, 2.75) is 25.3 Å². The Balaban J connectivity index is 0.00000220.